The number of esters is 1. The summed E-state index contributed by atoms with van der Waals surface area (Å²) in [5, 5.41) is 37.0. The van der Waals surface area contributed by atoms with E-state index in [9.17, 15) is 34.5 Å². The number of fused-ring (bicyclic) bond motifs is 1. The van der Waals surface area contributed by atoms with Crippen molar-refractivity contribution in [2.24, 2.45) is 11.8 Å². The van der Waals surface area contributed by atoms with Crippen LogP contribution in [0.15, 0.2) is 138 Å². The highest BCUT2D eigenvalue weighted by Crippen LogP contribution is 2.34. The second-order valence-corrected chi connectivity index (χ2v) is 17.8. The van der Waals surface area contributed by atoms with E-state index in [4.69, 9.17) is 9.47 Å². The van der Waals surface area contributed by atoms with Crippen molar-refractivity contribution in [3.8, 4) is 11.5 Å². The lowest BCUT2D eigenvalue weighted by Gasteiger charge is -2.33. The maximum atomic E-state index is 13.9. The predicted octanol–water partition coefficient (Wildman–Crippen LogP) is 6.64. The number of phenolic OH excluding ortho intramolecular Hbond substituents is 1. The van der Waals surface area contributed by atoms with Crippen molar-refractivity contribution in [2.75, 3.05) is 45.9 Å². The molecule has 5 N–H and O–H groups in total. The van der Waals surface area contributed by atoms with Crippen molar-refractivity contribution < 1.29 is 39.2 Å². The lowest BCUT2D eigenvalue weighted by Crippen LogP contribution is -2.40. The summed E-state index contributed by atoms with van der Waals surface area (Å²) in [5.41, 5.74) is 1.85. The fraction of sp³-hybridized carbons (Fsp3) is 0.333. The molecule has 2 aliphatic heterocycles. The Hall–Kier alpha value is -6.64. The number of amides is 1. The Bertz CT molecular complexity index is 2680. The van der Waals surface area contributed by atoms with Gasteiger partial charge in [-0.1, -0.05) is 91.0 Å². The number of aliphatic hydroxyl groups is 2. The fourth-order valence-electron chi connectivity index (χ4n) is 9.19. The molecule has 5 aromatic carbocycles. The summed E-state index contributed by atoms with van der Waals surface area (Å²) in [7, 11) is 0. The molecule has 8 rings (SSSR count). The molecule has 2 fully saturated rings. The van der Waals surface area contributed by atoms with Gasteiger partial charge in [-0.25, -0.2) is 4.79 Å². The number of Topliss-reactive ketones (excluding diaryl/α,β-unsaturated/α-hetero) is 1. The zero-order chi connectivity index (χ0) is 46.8. The van der Waals surface area contributed by atoms with Gasteiger partial charge in [-0.05, 0) is 109 Å². The number of likely N-dealkylation sites (tertiary alicyclic amines) is 2. The summed E-state index contributed by atoms with van der Waals surface area (Å²) in [5.74, 6) is -0.338. The number of hydrogen-bond donors (Lipinski definition) is 5. The maximum Gasteiger partial charge on any atom is 0.347 e. The first-order valence-corrected chi connectivity index (χ1v) is 23.1. The van der Waals surface area contributed by atoms with E-state index in [0.29, 0.717) is 66.7 Å². The van der Waals surface area contributed by atoms with Crippen molar-refractivity contribution in [1.29, 1.82) is 0 Å². The lowest BCUT2D eigenvalue weighted by atomic mass is 9.86. The number of ether oxygens (including phenoxy) is 2. The van der Waals surface area contributed by atoms with E-state index >= 15 is 0 Å². The zero-order valence-electron chi connectivity index (χ0n) is 37.5. The van der Waals surface area contributed by atoms with Crippen LogP contribution in [0.25, 0.3) is 10.9 Å². The summed E-state index contributed by atoms with van der Waals surface area (Å²) in [6.45, 7) is 4.47. The van der Waals surface area contributed by atoms with E-state index in [-0.39, 0.29) is 65.7 Å². The van der Waals surface area contributed by atoms with Crippen LogP contribution in [0, 0.1) is 11.8 Å². The van der Waals surface area contributed by atoms with E-state index < -0.39 is 17.7 Å². The third kappa shape index (κ3) is 11.7. The molecule has 6 aromatic rings. The van der Waals surface area contributed by atoms with Gasteiger partial charge in [0, 0.05) is 61.7 Å². The molecule has 2 aliphatic rings. The first kappa shape index (κ1) is 46.9. The molecule has 1 amide bonds. The van der Waals surface area contributed by atoms with Gasteiger partial charge in [0.2, 0.25) is 11.2 Å². The van der Waals surface area contributed by atoms with Gasteiger partial charge in [-0.15, -0.1) is 0 Å². The van der Waals surface area contributed by atoms with E-state index in [1.807, 2.05) is 41.3 Å². The smallest absolute Gasteiger partial charge is 0.347 e. The molecular formula is C54H58N4O9. The molecule has 0 radical (unpaired) electrons. The standard InChI is InChI=1S/C54H58N4O9/c59-44(30-37-24-28-58(29-25-37)52(63)41-16-14-38(15-17-41)32-55-33-49(61)46-18-20-48(60)51-47(46)19-21-50(62)56-51)36-66-45-13-7-12-43(31-45)54(65,42-10-5-2-6-11-42)53(64)67-35-40-22-26-57(27-23-40)34-39-8-3-1-4-9-39/h1-21,31,37,40,49,55,60-61,65H,22-30,32-36H2,(H,56,62)/t49-,54-/m0/s1. The number of aliphatic hydroxyl groups excluding tert-OH is 1. The average molecular weight is 907 g/mol. The summed E-state index contributed by atoms with van der Waals surface area (Å²) >= 11 is 0. The van der Waals surface area contributed by atoms with Gasteiger partial charge in [0.05, 0.1) is 18.2 Å². The monoisotopic (exact) mass is 906 g/mol. The molecular weight excluding hydrogens is 849 g/mol. The molecule has 13 heteroatoms. The zero-order valence-corrected chi connectivity index (χ0v) is 37.5. The van der Waals surface area contributed by atoms with Crippen molar-refractivity contribution in [2.45, 2.75) is 56.9 Å². The number of aromatic amines is 1. The number of rotatable bonds is 18. The summed E-state index contributed by atoms with van der Waals surface area (Å²) < 4.78 is 11.8. The number of carbonyl (C=O) groups is 3. The molecule has 348 valence electrons. The molecule has 0 spiro atoms. The molecule has 0 unspecified atom stereocenters. The van der Waals surface area contributed by atoms with Gasteiger partial charge in [0.25, 0.3) is 5.91 Å². The van der Waals surface area contributed by atoms with Crippen LogP contribution < -0.4 is 15.6 Å². The Kier molecular flexibility index (Phi) is 15.2. The Labute approximate surface area is 390 Å². The predicted molar refractivity (Wildman–Crippen MR) is 254 cm³/mol. The van der Waals surface area contributed by atoms with Crippen LogP contribution in [0.4, 0.5) is 0 Å². The third-order valence-corrected chi connectivity index (χ3v) is 13.1. The molecule has 13 nitrogen and oxygen atoms in total. The highest BCUT2D eigenvalue weighted by molar-refractivity contribution is 5.94. The first-order chi connectivity index (χ1) is 32.5. The number of H-pyrrole nitrogens is 1. The number of phenols is 1. The van der Waals surface area contributed by atoms with Gasteiger partial charge in [0.15, 0.2) is 5.78 Å². The minimum atomic E-state index is -2.09. The molecule has 2 saturated heterocycles. The number of hydrogen-bond acceptors (Lipinski definition) is 11. The van der Waals surface area contributed by atoms with Gasteiger partial charge in [0.1, 0.15) is 18.1 Å². The minimum absolute atomic E-state index is 0.0679. The van der Waals surface area contributed by atoms with E-state index in [0.717, 1.165) is 38.0 Å². The van der Waals surface area contributed by atoms with Crippen molar-refractivity contribution >= 4 is 28.6 Å². The highest BCUT2D eigenvalue weighted by atomic mass is 16.5. The quantitative estimate of drug-likeness (QED) is 0.0584. The van der Waals surface area contributed by atoms with Crippen LogP contribution in [0.2, 0.25) is 0 Å². The number of aromatic nitrogens is 1. The van der Waals surface area contributed by atoms with Gasteiger partial charge in [-0.3, -0.25) is 19.3 Å². The number of carbonyl (C=O) groups excluding carboxylic acids is 3. The van der Waals surface area contributed by atoms with Crippen LogP contribution in [-0.2, 0) is 33.0 Å². The Morgan fingerprint density at radius 1 is 0.761 bits per heavy atom. The fourth-order valence-corrected chi connectivity index (χ4v) is 9.19. The molecule has 67 heavy (non-hydrogen) atoms. The van der Waals surface area contributed by atoms with Crippen molar-refractivity contribution in [3.63, 3.8) is 0 Å². The Morgan fingerprint density at radius 2 is 1.45 bits per heavy atom. The Balaban J connectivity index is 0.777. The van der Waals surface area contributed by atoms with Crippen LogP contribution in [0.5, 0.6) is 11.5 Å². The number of nitrogens with zero attached hydrogens (tertiary/aromatic N) is 2. The van der Waals surface area contributed by atoms with Crippen molar-refractivity contribution in [1.82, 2.24) is 20.1 Å². The number of benzene rings is 5. The lowest BCUT2D eigenvalue weighted by molar-refractivity contribution is -0.164. The van der Waals surface area contributed by atoms with E-state index in [2.05, 4.69) is 27.3 Å². The Morgan fingerprint density at radius 3 is 2.18 bits per heavy atom. The minimum Gasteiger partial charge on any atom is -0.506 e. The number of nitrogens with one attached hydrogen (secondary N) is 2. The highest BCUT2D eigenvalue weighted by Gasteiger charge is 2.42. The largest absolute Gasteiger partial charge is 0.506 e. The molecule has 3 heterocycles. The summed E-state index contributed by atoms with van der Waals surface area (Å²) in [4.78, 5) is 59.1. The average Bonchev–Trinajstić information content (AvgIpc) is 3.36. The number of ketones is 1. The number of aromatic hydroxyl groups is 1. The first-order valence-electron chi connectivity index (χ1n) is 23.1. The van der Waals surface area contributed by atoms with E-state index in [1.54, 1.807) is 72.8 Å². The number of piperidine rings is 2. The van der Waals surface area contributed by atoms with Crippen LogP contribution in [-0.4, -0.2) is 93.7 Å². The molecule has 0 saturated carbocycles. The second-order valence-electron chi connectivity index (χ2n) is 17.8. The summed E-state index contributed by atoms with van der Waals surface area (Å²) in [6, 6.07) is 39.1. The van der Waals surface area contributed by atoms with Crippen LogP contribution in [0.1, 0.15) is 76.4 Å². The normalized spacial score (nSPS) is 16.3. The van der Waals surface area contributed by atoms with Crippen molar-refractivity contribution in [3.05, 3.63) is 177 Å². The molecule has 1 aromatic heterocycles. The van der Waals surface area contributed by atoms with Gasteiger partial charge >= 0.3 is 5.97 Å². The number of pyridine rings is 1. The SMILES string of the molecule is O=C(COc1cccc([C@](O)(C(=O)OCC2CCN(Cc3ccccc3)CC2)c2ccccc2)c1)CC1CCN(C(=O)c2ccc(CNC[C@H](O)c3ccc(O)c4[nH]c(=O)ccc34)cc2)CC1. The third-order valence-electron chi connectivity index (χ3n) is 13.1. The molecule has 0 bridgehead atoms. The van der Waals surface area contributed by atoms with Gasteiger partial charge < -0.3 is 40.0 Å². The summed E-state index contributed by atoms with van der Waals surface area (Å²) in [6.07, 6.45) is 2.56. The van der Waals surface area contributed by atoms with E-state index in [1.165, 1.54) is 17.7 Å². The van der Waals surface area contributed by atoms with Crippen LogP contribution in [0.3, 0.4) is 0 Å². The molecule has 2 atom stereocenters. The topological polar surface area (TPSA) is 182 Å². The second kappa shape index (κ2) is 21.8. The van der Waals surface area contributed by atoms with Gasteiger partial charge in [-0.2, -0.15) is 0 Å². The molecule has 0 aliphatic carbocycles. The maximum absolute atomic E-state index is 13.9. The van der Waals surface area contributed by atoms with Crippen LogP contribution >= 0.6 is 0 Å².